The van der Waals surface area contributed by atoms with Crippen molar-refractivity contribution in [1.82, 2.24) is 0 Å². The zero-order chi connectivity index (χ0) is 13.2. The van der Waals surface area contributed by atoms with Crippen molar-refractivity contribution in [3.63, 3.8) is 0 Å². The highest BCUT2D eigenvalue weighted by atomic mass is 32.2. The van der Waals surface area contributed by atoms with Gasteiger partial charge in [-0.1, -0.05) is 51.1 Å². The molecule has 0 spiro atoms. The summed E-state index contributed by atoms with van der Waals surface area (Å²) in [5.41, 5.74) is 1.11. The summed E-state index contributed by atoms with van der Waals surface area (Å²) in [4.78, 5) is 0.900. The second-order valence-corrected chi connectivity index (χ2v) is 5.87. The highest BCUT2D eigenvalue weighted by Crippen LogP contribution is 2.38. The Balaban J connectivity index is 2.63. The van der Waals surface area contributed by atoms with Crippen LogP contribution in [-0.4, -0.2) is 0 Å². The van der Waals surface area contributed by atoms with Gasteiger partial charge in [0, 0.05) is 4.90 Å². The summed E-state index contributed by atoms with van der Waals surface area (Å²) in [7, 11) is 0. The molecule has 0 fully saturated rings. The van der Waals surface area contributed by atoms with Crippen LogP contribution in [0.15, 0.2) is 41.3 Å². The first kappa shape index (κ1) is 13.4. The van der Waals surface area contributed by atoms with E-state index in [4.69, 9.17) is 0 Å². The summed E-state index contributed by atoms with van der Waals surface area (Å²) in [6.45, 7) is 6.41. The number of rotatable bonds is 3. The molecule has 0 saturated carbocycles. The molecule has 0 amide bonds. The quantitative estimate of drug-likeness (QED) is 0.483. The van der Waals surface area contributed by atoms with Crippen LogP contribution in [-0.2, 0) is 14.8 Å². The molecule has 0 saturated heterocycles. The highest BCUT2D eigenvalue weighted by Gasteiger charge is 2.21. The van der Waals surface area contributed by atoms with Gasteiger partial charge >= 0.3 is 0 Å². The van der Waals surface area contributed by atoms with Crippen LogP contribution < -0.4 is 5.26 Å². The van der Waals surface area contributed by atoms with Crippen LogP contribution in [0.4, 0.5) is 0 Å². The molecule has 0 aliphatic heterocycles. The zero-order valence-electron chi connectivity index (χ0n) is 10.6. The minimum absolute atomic E-state index is 0.0462. The van der Waals surface area contributed by atoms with Crippen molar-refractivity contribution in [3.8, 4) is 0 Å². The molecule has 0 N–H and O–H groups in total. The highest BCUT2D eigenvalue weighted by molar-refractivity contribution is 7.94. The molecule has 18 heavy (non-hydrogen) atoms. The Morgan fingerprint density at radius 1 is 1.06 bits per heavy atom. The molecular formula is C14H15O3S-. The van der Waals surface area contributed by atoms with E-state index < -0.39 is 0 Å². The van der Waals surface area contributed by atoms with Gasteiger partial charge in [0.15, 0.2) is 0 Å². The van der Waals surface area contributed by atoms with Gasteiger partial charge in [0.05, 0.1) is 12.0 Å². The van der Waals surface area contributed by atoms with E-state index in [1.54, 1.807) is 0 Å². The number of benzene rings is 2. The monoisotopic (exact) mass is 263 g/mol. The molecule has 0 radical (unpaired) electrons. The average Bonchev–Trinajstić information content (AvgIpc) is 2.34. The van der Waals surface area contributed by atoms with Crippen LogP contribution in [0.25, 0.3) is 10.8 Å². The standard InChI is InChI=1S/C14H16O3S/c1-14(2,3)13-11-7-5-4-6-10(11)8-9-12(13)18-17-16-15/h4-9,15H,1-3H3/p-1. The van der Waals surface area contributed by atoms with E-state index in [-0.39, 0.29) is 5.41 Å². The Hall–Kier alpha value is -1.07. The third-order valence-corrected chi connectivity index (χ3v) is 3.44. The molecule has 2 aromatic rings. The van der Waals surface area contributed by atoms with Crippen molar-refractivity contribution in [2.24, 2.45) is 0 Å². The van der Waals surface area contributed by atoms with Gasteiger partial charge in [-0.05, 0) is 27.8 Å². The van der Waals surface area contributed by atoms with Crippen molar-refractivity contribution in [2.45, 2.75) is 31.1 Å². The zero-order valence-corrected chi connectivity index (χ0v) is 11.4. The van der Waals surface area contributed by atoms with E-state index in [1.807, 2.05) is 24.3 Å². The van der Waals surface area contributed by atoms with Gasteiger partial charge in [-0.2, -0.15) is 4.33 Å². The summed E-state index contributed by atoms with van der Waals surface area (Å²) in [6, 6.07) is 12.1. The maximum atomic E-state index is 9.98. The van der Waals surface area contributed by atoms with Gasteiger partial charge in [0.25, 0.3) is 0 Å². The third-order valence-electron chi connectivity index (χ3n) is 2.79. The first-order valence-electron chi connectivity index (χ1n) is 5.69. The Labute approximate surface area is 111 Å². The van der Waals surface area contributed by atoms with Crippen molar-refractivity contribution in [1.29, 1.82) is 0 Å². The first-order valence-corrected chi connectivity index (χ1v) is 6.43. The smallest absolute Gasteiger partial charge is 0.0677 e. The van der Waals surface area contributed by atoms with Crippen molar-refractivity contribution in [2.75, 3.05) is 0 Å². The molecule has 0 aromatic heterocycles. The van der Waals surface area contributed by atoms with E-state index in [1.165, 1.54) is 10.8 Å². The molecular weight excluding hydrogens is 248 g/mol. The summed E-state index contributed by atoms with van der Waals surface area (Å²) in [5, 5.41) is 15.8. The van der Waals surface area contributed by atoms with Crippen LogP contribution in [0.1, 0.15) is 26.3 Å². The molecule has 0 aliphatic rings. The first-order chi connectivity index (χ1) is 8.54. The van der Waals surface area contributed by atoms with Gasteiger partial charge in [0.2, 0.25) is 0 Å². The molecule has 0 unspecified atom stereocenters. The molecule has 0 bridgehead atoms. The minimum Gasteiger partial charge on any atom is -0.691 e. The summed E-state index contributed by atoms with van der Waals surface area (Å²) < 4.78 is 4.47. The normalized spacial score (nSPS) is 12.0. The molecule has 2 aromatic carbocycles. The topological polar surface area (TPSA) is 41.5 Å². The van der Waals surface area contributed by atoms with Crippen LogP contribution in [0.3, 0.4) is 0 Å². The number of hydrogen-bond acceptors (Lipinski definition) is 4. The molecule has 0 atom stereocenters. The van der Waals surface area contributed by atoms with Crippen LogP contribution in [0, 0.1) is 0 Å². The molecule has 3 nitrogen and oxygen atoms in total. The van der Waals surface area contributed by atoms with E-state index in [0.717, 1.165) is 22.5 Å². The Morgan fingerprint density at radius 2 is 1.78 bits per heavy atom. The SMILES string of the molecule is CC(C)(C)c1c(SOO[O-])ccc2ccccc12. The van der Waals surface area contributed by atoms with Gasteiger partial charge in [-0.3, -0.25) is 5.04 Å². The fourth-order valence-corrected chi connectivity index (χ4v) is 2.87. The van der Waals surface area contributed by atoms with Gasteiger partial charge < -0.3 is 5.26 Å². The summed E-state index contributed by atoms with van der Waals surface area (Å²) in [6.07, 6.45) is 0. The van der Waals surface area contributed by atoms with Crippen LogP contribution >= 0.6 is 12.0 Å². The second-order valence-electron chi connectivity index (χ2n) is 5.13. The average molecular weight is 263 g/mol. The van der Waals surface area contributed by atoms with Crippen molar-refractivity contribution >= 4 is 22.8 Å². The molecule has 2 rings (SSSR count). The fourth-order valence-electron chi connectivity index (χ4n) is 2.15. The van der Waals surface area contributed by atoms with Crippen LogP contribution in [0.5, 0.6) is 0 Å². The molecule has 96 valence electrons. The largest absolute Gasteiger partial charge is 0.691 e. The van der Waals surface area contributed by atoms with Crippen molar-refractivity contribution < 1.29 is 14.6 Å². The lowest BCUT2D eigenvalue weighted by molar-refractivity contribution is -0.777. The Bertz CT molecular complexity index is 546. The van der Waals surface area contributed by atoms with E-state index in [2.05, 4.69) is 42.3 Å². The minimum atomic E-state index is -0.0462. The second kappa shape index (κ2) is 5.28. The van der Waals surface area contributed by atoms with Gasteiger partial charge in [-0.25, -0.2) is 0 Å². The fraction of sp³-hybridized carbons (Fsp3) is 0.286. The summed E-state index contributed by atoms with van der Waals surface area (Å²) in [5.74, 6) is 0. The Kier molecular flexibility index (Phi) is 3.92. The Morgan fingerprint density at radius 3 is 2.44 bits per heavy atom. The number of fused-ring (bicyclic) bond motifs is 1. The van der Waals surface area contributed by atoms with Crippen molar-refractivity contribution in [3.05, 3.63) is 42.0 Å². The molecule has 0 heterocycles. The predicted octanol–water partition coefficient (Wildman–Crippen LogP) is 3.37. The van der Waals surface area contributed by atoms with Gasteiger partial charge in [-0.15, -0.1) is 0 Å². The lowest BCUT2D eigenvalue weighted by atomic mass is 9.83. The maximum Gasteiger partial charge on any atom is 0.0677 e. The lowest BCUT2D eigenvalue weighted by Gasteiger charge is -2.24. The van der Waals surface area contributed by atoms with E-state index in [0.29, 0.717) is 0 Å². The lowest BCUT2D eigenvalue weighted by Crippen LogP contribution is -2.13. The van der Waals surface area contributed by atoms with E-state index >= 15 is 0 Å². The molecule has 4 heteroatoms. The van der Waals surface area contributed by atoms with Gasteiger partial charge in [0.1, 0.15) is 0 Å². The van der Waals surface area contributed by atoms with E-state index in [9.17, 15) is 5.26 Å². The predicted molar refractivity (Wildman–Crippen MR) is 70.7 cm³/mol. The maximum absolute atomic E-state index is 9.98. The van der Waals surface area contributed by atoms with Crippen LogP contribution in [0.2, 0.25) is 0 Å². The molecule has 0 aliphatic carbocycles. The summed E-state index contributed by atoms with van der Waals surface area (Å²) >= 11 is 0.954. The third kappa shape index (κ3) is 2.67. The number of hydrogen-bond donors (Lipinski definition) is 0.